The summed E-state index contributed by atoms with van der Waals surface area (Å²) < 4.78 is 2.03. The van der Waals surface area contributed by atoms with Crippen LogP contribution in [0.5, 0.6) is 0 Å². The number of hydrogen-bond donors (Lipinski definition) is 1. The van der Waals surface area contributed by atoms with E-state index in [1.165, 1.54) is 24.8 Å². The van der Waals surface area contributed by atoms with Gasteiger partial charge in [0.05, 0.1) is 11.6 Å². The van der Waals surface area contributed by atoms with Crippen LogP contribution in [-0.4, -0.2) is 61.2 Å². The molecule has 1 N–H and O–H groups in total. The van der Waals surface area contributed by atoms with E-state index >= 15 is 0 Å². The van der Waals surface area contributed by atoms with Gasteiger partial charge in [0.15, 0.2) is 5.82 Å². The topological polar surface area (TPSA) is 82.9 Å². The zero-order chi connectivity index (χ0) is 26.1. The number of pyridine rings is 1. The van der Waals surface area contributed by atoms with Gasteiger partial charge >= 0.3 is 0 Å². The van der Waals surface area contributed by atoms with Crippen LogP contribution in [0.25, 0.3) is 10.9 Å². The van der Waals surface area contributed by atoms with Crippen LogP contribution in [0.2, 0.25) is 0 Å². The molecule has 6 rings (SSSR count). The van der Waals surface area contributed by atoms with Crippen LogP contribution in [0.1, 0.15) is 72.3 Å². The van der Waals surface area contributed by atoms with E-state index in [0.717, 1.165) is 79.0 Å². The Bertz CT molecular complexity index is 1450. The molecule has 1 saturated carbocycles. The summed E-state index contributed by atoms with van der Waals surface area (Å²) in [5.41, 5.74) is 5.15. The van der Waals surface area contributed by atoms with Crippen molar-refractivity contribution in [2.75, 3.05) is 26.2 Å². The Morgan fingerprint density at radius 2 is 1.68 bits per heavy atom. The molecule has 1 aliphatic carbocycles. The first-order chi connectivity index (χ1) is 18.6. The zero-order valence-electron chi connectivity index (χ0n) is 22.4. The van der Waals surface area contributed by atoms with Gasteiger partial charge in [0.25, 0.3) is 5.56 Å². The molecule has 2 aromatic carbocycles. The minimum absolute atomic E-state index is 0.0545. The number of tetrazole rings is 1. The summed E-state index contributed by atoms with van der Waals surface area (Å²) in [7, 11) is 0. The fraction of sp³-hybridized carbons (Fsp3) is 0.467. The summed E-state index contributed by atoms with van der Waals surface area (Å²) in [5, 5.41) is 14.3. The van der Waals surface area contributed by atoms with Crippen molar-refractivity contribution in [3.05, 3.63) is 87.0 Å². The highest BCUT2D eigenvalue weighted by Gasteiger charge is 2.34. The highest BCUT2D eigenvalue weighted by Crippen LogP contribution is 2.34. The van der Waals surface area contributed by atoms with Gasteiger partial charge in [0, 0.05) is 43.7 Å². The van der Waals surface area contributed by atoms with Crippen molar-refractivity contribution in [3.8, 4) is 0 Å². The van der Waals surface area contributed by atoms with Crippen molar-refractivity contribution in [2.45, 2.75) is 64.6 Å². The van der Waals surface area contributed by atoms with E-state index in [2.05, 4.69) is 85.8 Å². The number of fused-ring (bicyclic) bond motifs is 1. The third-order valence-corrected chi connectivity index (χ3v) is 8.47. The van der Waals surface area contributed by atoms with Crippen molar-refractivity contribution in [3.63, 3.8) is 0 Å². The maximum Gasteiger partial charge on any atom is 0.253 e. The summed E-state index contributed by atoms with van der Waals surface area (Å²) in [4.78, 5) is 21.8. The van der Waals surface area contributed by atoms with Gasteiger partial charge in [-0.3, -0.25) is 14.6 Å². The maximum absolute atomic E-state index is 13.7. The van der Waals surface area contributed by atoms with E-state index in [4.69, 9.17) is 0 Å². The highest BCUT2D eigenvalue weighted by atomic mass is 16.1. The van der Waals surface area contributed by atoms with Gasteiger partial charge in [-0.15, -0.1) is 5.10 Å². The van der Waals surface area contributed by atoms with Gasteiger partial charge in [-0.05, 0) is 59.9 Å². The first-order valence-electron chi connectivity index (χ1n) is 14.0. The molecule has 1 aliphatic heterocycles. The minimum Gasteiger partial charge on any atom is -0.321 e. The Kier molecular flexibility index (Phi) is 7.08. The molecule has 8 nitrogen and oxygen atoms in total. The summed E-state index contributed by atoms with van der Waals surface area (Å²) >= 11 is 0. The Labute approximate surface area is 223 Å². The van der Waals surface area contributed by atoms with Crippen LogP contribution in [0.15, 0.2) is 53.3 Å². The largest absolute Gasteiger partial charge is 0.321 e. The van der Waals surface area contributed by atoms with Crippen molar-refractivity contribution < 1.29 is 0 Å². The van der Waals surface area contributed by atoms with E-state index in [1.54, 1.807) is 0 Å². The second-order valence-corrected chi connectivity index (χ2v) is 11.0. The van der Waals surface area contributed by atoms with E-state index in [0.29, 0.717) is 6.04 Å². The molecule has 0 radical (unpaired) electrons. The maximum atomic E-state index is 13.7. The first-order valence-corrected chi connectivity index (χ1v) is 14.0. The molecule has 2 aromatic heterocycles. The lowest BCUT2D eigenvalue weighted by atomic mass is 9.94. The Morgan fingerprint density at radius 1 is 0.947 bits per heavy atom. The van der Waals surface area contributed by atoms with Gasteiger partial charge in [0.1, 0.15) is 6.04 Å². The number of nitrogens with zero attached hydrogens (tertiary/aromatic N) is 6. The molecule has 0 amide bonds. The molecular weight excluding hydrogens is 474 g/mol. The molecule has 1 saturated heterocycles. The molecule has 1 atom stereocenters. The summed E-state index contributed by atoms with van der Waals surface area (Å²) in [6.45, 7) is 8.64. The second kappa shape index (κ2) is 10.8. The normalized spacial score (nSPS) is 18.7. The van der Waals surface area contributed by atoms with Gasteiger partial charge in [-0.25, -0.2) is 4.68 Å². The monoisotopic (exact) mass is 511 g/mol. The Morgan fingerprint density at radius 3 is 2.45 bits per heavy atom. The van der Waals surface area contributed by atoms with E-state index in [-0.39, 0.29) is 11.6 Å². The zero-order valence-corrected chi connectivity index (χ0v) is 22.4. The fourth-order valence-corrected chi connectivity index (χ4v) is 6.28. The molecule has 38 heavy (non-hydrogen) atoms. The Balaban J connectivity index is 1.37. The standard InChI is InChI=1S/C30H37N7O/c1-21-13-14-22(2)27-25(21)19-26(30(38)31-27)28(29-32-33-34-37(29)24-11-7-4-8-12-24)36-17-15-35(16-18-36)20-23-9-5-3-6-10-23/h3,5-6,9-10,13-14,19,24,28H,4,7-8,11-12,15-18,20H2,1-2H3,(H,31,38)/t28-/m1/s1. The van der Waals surface area contributed by atoms with Gasteiger partial charge in [-0.1, -0.05) is 61.7 Å². The third kappa shape index (κ3) is 4.90. The number of aryl methyl sites for hydroxylation is 2. The molecule has 3 heterocycles. The molecule has 198 valence electrons. The molecule has 2 fully saturated rings. The number of aromatic nitrogens is 5. The lowest BCUT2D eigenvalue weighted by molar-refractivity contribution is 0.0982. The lowest BCUT2D eigenvalue weighted by Gasteiger charge is -2.39. The van der Waals surface area contributed by atoms with Crippen molar-refractivity contribution >= 4 is 10.9 Å². The second-order valence-electron chi connectivity index (χ2n) is 11.0. The molecule has 0 bridgehead atoms. The fourth-order valence-electron chi connectivity index (χ4n) is 6.28. The number of nitrogens with one attached hydrogen (secondary N) is 1. The molecule has 2 aliphatic rings. The van der Waals surface area contributed by atoms with E-state index < -0.39 is 0 Å². The predicted molar refractivity (Wildman–Crippen MR) is 149 cm³/mol. The highest BCUT2D eigenvalue weighted by molar-refractivity contribution is 5.85. The molecule has 4 aromatic rings. The average molecular weight is 512 g/mol. The summed E-state index contributed by atoms with van der Waals surface area (Å²) in [6, 6.07) is 16.9. The summed E-state index contributed by atoms with van der Waals surface area (Å²) in [6.07, 6.45) is 5.83. The SMILES string of the molecule is Cc1ccc(C)c2[nH]c(=O)c([C@H](c3nnnn3C3CCCCC3)N3CCN(Cc4ccccc4)CC3)cc12. The van der Waals surface area contributed by atoms with Crippen LogP contribution in [0.3, 0.4) is 0 Å². The van der Waals surface area contributed by atoms with Crippen molar-refractivity contribution in [2.24, 2.45) is 0 Å². The van der Waals surface area contributed by atoms with Crippen LogP contribution in [-0.2, 0) is 6.54 Å². The van der Waals surface area contributed by atoms with Crippen LogP contribution >= 0.6 is 0 Å². The quantitative estimate of drug-likeness (QED) is 0.409. The molecule has 8 heteroatoms. The van der Waals surface area contributed by atoms with E-state index in [9.17, 15) is 4.79 Å². The summed E-state index contributed by atoms with van der Waals surface area (Å²) in [5.74, 6) is 0.795. The number of rotatable bonds is 6. The van der Waals surface area contributed by atoms with Gasteiger partial charge in [0.2, 0.25) is 0 Å². The van der Waals surface area contributed by atoms with Gasteiger partial charge in [-0.2, -0.15) is 0 Å². The number of H-pyrrole nitrogens is 1. The average Bonchev–Trinajstić information content (AvgIpc) is 3.43. The van der Waals surface area contributed by atoms with Crippen molar-refractivity contribution in [1.29, 1.82) is 0 Å². The first kappa shape index (κ1) is 24.9. The third-order valence-electron chi connectivity index (χ3n) is 8.47. The van der Waals surface area contributed by atoms with Gasteiger partial charge < -0.3 is 4.98 Å². The smallest absolute Gasteiger partial charge is 0.253 e. The van der Waals surface area contributed by atoms with Crippen molar-refractivity contribution in [1.82, 2.24) is 35.0 Å². The number of hydrogen-bond acceptors (Lipinski definition) is 6. The number of piperazine rings is 1. The molecular formula is C30H37N7O. The molecule has 0 unspecified atom stereocenters. The number of aromatic amines is 1. The minimum atomic E-state index is -0.293. The van der Waals surface area contributed by atoms with Crippen LogP contribution < -0.4 is 5.56 Å². The molecule has 0 spiro atoms. The lowest BCUT2D eigenvalue weighted by Crippen LogP contribution is -2.48. The van der Waals surface area contributed by atoms with Crippen LogP contribution in [0.4, 0.5) is 0 Å². The number of benzene rings is 2. The Hall–Kier alpha value is -3.36. The van der Waals surface area contributed by atoms with E-state index in [1.807, 2.05) is 11.6 Å². The predicted octanol–water partition coefficient (Wildman–Crippen LogP) is 4.54. The van der Waals surface area contributed by atoms with Crippen LogP contribution in [0, 0.1) is 13.8 Å².